The van der Waals surface area contributed by atoms with Gasteiger partial charge in [-0.2, -0.15) is 0 Å². The molecule has 1 aromatic carbocycles. The third kappa shape index (κ3) is 5.38. The average Bonchev–Trinajstić information content (AvgIpc) is 2.69. The summed E-state index contributed by atoms with van der Waals surface area (Å²) in [6.45, 7) is 0. The van der Waals surface area contributed by atoms with E-state index >= 15 is 0 Å². The number of rotatable bonds is 4. The van der Waals surface area contributed by atoms with Gasteiger partial charge in [0.25, 0.3) is 0 Å². The van der Waals surface area contributed by atoms with Gasteiger partial charge in [-0.15, -0.1) is 0 Å². The van der Waals surface area contributed by atoms with Crippen LogP contribution in [0.25, 0.3) is 0 Å². The van der Waals surface area contributed by atoms with Crippen molar-refractivity contribution in [3.8, 4) is 0 Å². The van der Waals surface area contributed by atoms with Gasteiger partial charge in [0.2, 0.25) is 11.8 Å². The van der Waals surface area contributed by atoms with E-state index in [1.165, 1.54) is 12.8 Å². The molecule has 1 fully saturated rings. The van der Waals surface area contributed by atoms with E-state index in [4.69, 9.17) is 11.6 Å². The molecular formula is C16H21ClN2O2. The molecule has 5 heteroatoms. The third-order valence-electron chi connectivity index (χ3n) is 3.69. The van der Waals surface area contributed by atoms with Gasteiger partial charge in [-0.1, -0.05) is 49.4 Å². The van der Waals surface area contributed by atoms with Crippen molar-refractivity contribution in [3.05, 3.63) is 29.3 Å². The second kappa shape index (κ2) is 8.03. The Morgan fingerprint density at radius 2 is 1.71 bits per heavy atom. The van der Waals surface area contributed by atoms with Crippen molar-refractivity contribution in [1.82, 2.24) is 5.32 Å². The summed E-state index contributed by atoms with van der Waals surface area (Å²) in [5.41, 5.74) is 0.534. The molecule has 114 valence electrons. The summed E-state index contributed by atoms with van der Waals surface area (Å²) >= 11 is 5.96. The minimum absolute atomic E-state index is 0.165. The molecule has 0 aliphatic heterocycles. The zero-order valence-corrected chi connectivity index (χ0v) is 12.8. The van der Waals surface area contributed by atoms with Gasteiger partial charge in [-0.05, 0) is 25.0 Å². The van der Waals surface area contributed by atoms with E-state index in [9.17, 15) is 9.59 Å². The van der Waals surface area contributed by atoms with Gasteiger partial charge < -0.3 is 10.6 Å². The minimum atomic E-state index is -0.339. The first-order valence-corrected chi connectivity index (χ1v) is 7.86. The van der Waals surface area contributed by atoms with Crippen molar-refractivity contribution in [2.24, 2.45) is 0 Å². The van der Waals surface area contributed by atoms with Gasteiger partial charge in [0.1, 0.15) is 6.42 Å². The average molecular weight is 309 g/mol. The molecule has 0 unspecified atom stereocenters. The predicted molar refractivity (Wildman–Crippen MR) is 84.3 cm³/mol. The number of benzene rings is 1. The first-order chi connectivity index (χ1) is 10.1. The predicted octanol–water partition coefficient (Wildman–Crippen LogP) is 3.51. The molecule has 0 aromatic heterocycles. The fourth-order valence-corrected chi connectivity index (χ4v) is 2.79. The van der Waals surface area contributed by atoms with Crippen LogP contribution in [0.2, 0.25) is 5.02 Å². The number of anilines is 1. The number of para-hydroxylation sites is 1. The number of hydrogen-bond acceptors (Lipinski definition) is 2. The number of halogens is 1. The Morgan fingerprint density at radius 1 is 1.05 bits per heavy atom. The van der Waals surface area contributed by atoms with Crippen LogP contribution in [0.3, 0.4) is 0 Å². The second-order valence-corrected chi connectivity index (χ2v) is 5.87. The summed E-state index contributed by atoms with van der Waals surface area (Å²) in [7, 11) is 0. The van der Waals surface area contributed by atoms with Crippen LogP contribution >= 0.6 is 11.6 Å². The molecule has 1 aliphatic carbocycles. The summed E-state index contributed by atoms with van der Waals surface area (Å²) in [6, 6.07) is 7.20. The smallest absolute Gasteiger partial charge is 0.233 e. The molecule has 4 nitrogen and oxygen atoms in total. The number of hydrogen-bond donors (Lipinski definition) is 2. The lowest BCUT2D eigenvalue weighted by Gasteiger charge is -2.16. The standard InChI is InChI=1S/C16H21ClN2O2/c17-13-9-5-6-10-14(13)19-16(21)11-15(20)18-12-7-3-1-2-4-8-12/h5-6,9-10,12H,1-4,7-8,11H2,(H,18,20)(H,19,21). The molecule has 0 radical (unpaired) electrons. The van der Waals surface area contributed by atoms with Gasteiger partial charge >= 0.3 is 0 Å². The molecule has 2 rings (SSSR count). The summed E-state index contributed by atoms with van der Waals surface area (Å²) in [5.74, 6) is -0.555. The molecule has 0 spiro atoms. The highest BCUT2D eigenvalue weighted by Gasteiger charge is 2.17. The molecule has 2 amide bonds. The van der Waals surface area contributed by atoms with E-state index in [0.717, 1.165) is 25.7 Å². The normalized spacial score (nSPS) is 16.0. The Hall–Kier alpha value is -1.55. The van der Waals surface area contributed by atoms with Crippen LogP contribution in [0, 0.1) is 0 Å². The van der Waals surface area contributed by atoms with E-state index in [1.807, 2.05) is 0 Å². The van der Waals surface area contributed by atoms with Crippen LogP contribution in [-0.4, -0.2) is 17.9 Å². The Kier molecular flexibility index (Phi) is 6.05. The van der Waals surface area contributed by atoms with Crippen molar-refractivity contribution >= 4 is 29.1 Å². The van der Waals surface area contributed by atoms with Crippen molar-refractivity contribution < 1.29 is 9.59 Å². The Labute approximate surface area is 130 Å². The molecule has 2 N–H and O–H groups in total. The molecule has 1 aromatic rings. The van der Waals surface area contributed by atoms with E-state index in [2.05, 4.69) is 10.6 Å². The molecule has 0 bridgehead atoms. The topological polar surface area (TPSA) is 58.2 Å². The molecular weight excluding hydrogens is 288 g/mol. The molecule has 1 saturated carbocycles. The quantitative estimate of drug-likeness (QED) is 0.660. The highest BCUT2D eigenvalue weighted by atomic mass is 35.5. The summed E-state index contributed by atoms with van der Waals surface area (Å²) < 4.78 is 0. The van der Waals surface area contributed by atoms with Gasteiger partial charge in [0.05, 0.1) is 10.7 Å². The fraction of sp³-hybridized carbons (Fsp3) is 0.500. The van der Waals surface area contributed by atoms with Crippen LogP contribution in [0.4, 0.5) is 5.69 Å². The lowest BCUT2D eigenvalue weighted by Crippen LogP contribution is -2.36. The summed E-state index contributed by atoms with van der Waals surface area (Å²) in [4.78, 5) is 23.8. The molecule has 1 aliphatic rings. The third-order valence-corrected chi connectivity index (χ3v) is 4.02. The fourth-order valence-electron chi connectivity index (χ4n) is 2.61. The van der Waals surface area contributed by atoms with Crippen molar-refractivity contribution in [2.75, 3.05) is 5.32 Å². The highest BCUT2D eigenvalue weighted by Crippen LogP contribution is 2.20. The van der Waals surface area contributed by atoms with Crippen molar-refractivity contribution in [2.45, 2.75) is 51.0 Å². The summed E-state index contributed by atoms with van der Waals surface area (Å²) in [6.07, 6.45) is 6.63. The van der Waals surface area contributed by atoms with Crippen LogP contribution in [0.15, 0.2) is 24.3 Å². The Bertz CT molecular complexity index is 497. The van der Waals surface area contributed by atoms with Crippen molar-refractivity contribution in [1.29, 1.82) is 0 Å². The molecule has 21 heavy (non-hydrogen) atoms. The van der Waals surface area contributed by atoms with E-state index in [1.54, 1.807) is 24.3 Å². The van der Waals surface area contributed by atoms with E-state index in [-0.39, 0.29) is 24.3 Å². The summed E-state index contributed by atoms with van der Waals surface area (Å²) in [5, 5.41) is 6.08. The van der Waals surface area contributed by atoms with Gasteiger partial charge in [0.15, 0.2) is 0 Å². The van der Waals surface area contributed by atoms with E-state index < -0.39 is 0 Å². The first-order valence-electron chi connectivity index (χ1n) is 7.49. The Balaban J connectivity index is 1.79. The molecule has 0 saturated heterocycles. The monoisotopic (exact) mass is 308 g/mol. The second-order valence-electron chi connectivity index (χ2n) is 5.46. The molecule has 0 atom stereocenters. The zero-order chi connectivity index (χ0) is 15.1. The number of amides is 2. The lowest BCUT2D eigenvalue weighted by molar-refractivity contribution is -0.127. The first kappa shape index (κ1) is 15.8. The number of carbonyl (C=O) groups is 2. The maximum absolute atomic E-state index is 11.9. The minimum Gasteiger partial charge on any atom is -0.353 e. The van der Waals surface area contributed by atoms with Gasteiger partial charge in [-0.3, -0.25) is 9.59 Å². The number of nitrogens with one attached hydrogen (secondary N) is 2. The number of carbonyl (C=O) groups excluding carboxylic acids is 2. The van der Waals surface area contributed by atoms with E-state index in [0.29, 0.717) is 10.7 Å². The van der Waals surface area contributed by atoms with Crippen LogP contribution in [-0.2, 0) is 9.59 Å². The maximum Gasteiger partial charge on any atom is 0.233 e. The van der Waals surface area contributed by atoms with Gasteiger partial charge in [-0.25, -0.2) is 0 Å². The van der Waals surface area contributed by atoms with Crippen LogP contribution < -0.4 is 10.6 Å². The maximum atomic E-state index is 11.9. The SMILES string of the molecule is O=C(CC(=O)NC1CCCCCC1)Nc1ccccc1Cl. The van der Waals surface area contributed by atoms with Gasteiger partial charge in [0, 0.05) is 6.04 Å². The van der Waals surface area contributed by atoms with Crippen molar-refractivity contribution in [3.63, 3.8) is 0 Å². The molecule has 0 heterocycles. The van der Waals surface area contributed by atoms with Crippen LogP contribution in [0.1, 0.15) is 44.9 Å². The Morgan fingerprint density at radius 3 is 2.38 bits per heavy atom. The van der Waals surface area contributed by atoms with Crippen LogP contribution in [0.5, 0.6) is 0 Å². The lowest BCUT2D eigenvalue weighted by atomic mass is 10.1. The highest BCUT2D eigenvalue weighted by molar-refractivity contribution is 6.33. The largest absolute Gasteiger partial charge is 0.353 e. The zero-order valence-electron chi connectivity index (χ0n) is 12.0.